The zero-order chi connectivity index (χ0) is 12.8. The van der Waals surface area contributed by atoms with Gasteiger partial charge in [0.05, 0.1) is 6.42 Å². The van der Waals surface area contributed by atoms with E-state index in [0.29, 0.717) is 0 Å². The van der Waals surface area contributed by atoms with Gasteiger partial charge in [-0.05, 0) is 12.8 Å². The van der Waals surface area contributed by atoms with Crippen LogP contribution in [-0.4, -0.2) is 34.1 Å². The first-order valence-electron chi connectivity index (χ1n) is 5.75. The van der Waals surface area contributed by atoms with Gasteiger partial charge < -0.3 is 18.4 Å². The fourth-order valence-electron chi connectivity index (χ4n) is 2.03. The quantitative estimate of drug-likeness (QED) is 0.440. The summed E-state index contributed by atoms with van der Waals surface area (Å²) in [7, 11) is 0. The summed E-state index contributed by atoms with van der Waals surface area (Å²) in [5, 5.41) is 19.6. The van der Waals surface area contributed by atoms with E-state index in [1.807, 2.05) is 0 Å². The Hall–Kier alpha value is 0.410. The molecule has 8 heteroatoms. The van der Waals surface area contributed by atoms with Gasteiger partial charge >= 0.3 is 71.1 Å². The van der Waals surface area contributed by atoms with Gasteiger partial charge in [0.1, 0.15) is 6.04 Å². The van der Waals surface area contributed by atoms with Crippen LogP contribution in [0.2, 0.25) is 0 Å². The van der Waals surface area contributed by atoms with Crippen LogP contribution in [0.3, 0.4) is 0 Å². The molecule has 6 nitrogen and oxygen atoms in total. The Morgan fingerprint density at radius 1 is 1.11 bits per heavy atom. The number of carboxylic acid groups (broad SMARTS) is 2. The average molecular weight is 291 g/mol. The van der Waals surface area contributed by atoms with E-state index in [-0.39, 0.29) is 73.8 Å². The van der Waals surface area contributed by atoms with Crippen LogP contribution < -0.4 is 64.4 Å². The maximum Gasteiger partial charge on any atom is 1.00 e. The monoisotopic (exact) mass is 291 g/mol. The van der Waals surface area contributed by atoms with Crippen molar-refractivity contribution < 1.29 is 86.6 Å². The minimum atomic E-state index is -1.33. The average Bonchev–Trinajstić information content (AvgIpc) is 2.28. The summed E-state index contributed by atoms with van der Waals surface area (Å²) in [5.41, 5.74) is 0. The van der Waals surface area contributed by atoms with Crippen LogP contribution in [0.4, 0.5) is 0 Å². The molecule has 0 unspecified atom stereocenters. The zero-order valence-corrected chi connectivity index (χ0v) is 15.5. The van der Waals surface area contributed by atoms with Crippen molar-refractivity contribution in [2.75, 3.05) is 0 Å². The van der Waals surface area contributed by atoms with Crippen LogP contribution >= 0.6 is 0 Å². The van der Waals surface area contributed by atoms with Gasteiger partial charge in [-0.3, -0.25) is 9.59 Å². The fraction of sp³-hybridized carbons (Fsp3) is 0.727. The van der Waals surface area contributed by atoms with Gasteiger partial charge in [0.2, 0.25) is 5.91 Å². The van der Waals surface area contributed by atoms with Crippen LogP contribution in [0.15, 0.2) is 0 Å². The van der Waals surface area contributed by atoms with Crippen LogP contribution in [0.5, 0.6) is 0 Å². The maximum absolute atomic E-state index is 11.7. The third-order valence-corrected chi connectivity index (χ3v) is 2.97. The van der Waals surface area contributed by atoms with E-state index in [2.05, 4.69) is 5.32 Å². The topological polar surface area (TPSA) is 104 Å². The van der Waals surface area contributed by atoms with E-state index in [0.717, 1.165) is 32.1 Å². The molecule has 0 aromatic rings. The van der Waals surface area contributed by atoms with Crippen molar-refractivity contribution in [1.82, 2.24) is 5.32 Å². The number of nitrogens with one attached hydrogen (secondary N) is 1. The standard InChI is InChI=1S/C11H17NO5.2Na.2H/c13-9(14)6-8(11(16)17)12-10(15)7-4-2-1-3-5-7;;;;/h7-8H,1-6H2,(H,12,15)(H,13,14)(H,16,17);;;;/q;2*+1;2*-1/t8-;;;;/m0..../s1. The minimum Gasteiger partial charge on any atom is -1.00 e. The number of amides is 1. The van der Waals surface area contributed by atoms with E-state index >= 15 is 0 Å². The van der Waals surface area contributed by atoms with Gasteiger partial charge in [0.25, 0.3) is 0 Å². The van der Waals surface area contributed by atoms with Crippen molar-refractivity contribution >= 4 is 17.8 Å². The normalized spacial score (nSPS) is 16.4. The SMILES string of the molecule is O=C(O)C[C@H](NC(=O)C1CCCCC1)C(=O)O.[H-].[H-].[Na+].[Na+]. The summed E-state index contributed by atoms with van der Waals surface area (Å²) in [4.78, 5) is 33.0. The first-order valence-corrected chi connectivity index (χ1v) is 5.75. The molecule has 1 rings (SSSR count). The third kappa shape index (κ3) is 8.32. The fourth-order valence-corrected chi connectivity index (χ4v) is 2.03. The number of rotatable bonds is 5. The predicted molar refractivity (Wildman–Crippen MR) is 60.6 cm³/mol. The second-order valence-corrected chi connectivity index (χ2v) is 4.33. The van der Waals surface area contributed by atoms with Gasteiger partial charge in [-0.25, -0.2) is 4.79 Å². The van der Waals surface area contributed by atoms with Gasteiger partial charge in [-0.15, -0.1) is 0 Å². The Balaban J connectivity index is -0.000000361. The molecule has 100 valence electrons. The molecule has 19 heavy (non-hydrogen) atoms. The molecule has 0 heterocycles. The summed E-state index contributed by atoms with van der Waals surface area (Å²) in [6.45, 7) is 0. The van der Waals surface area contributed by atoms with E-state index in [1.54, 1.807) is 0 Å². The van der Waals surface area contributed by atoms with Crippen LogP contribution in [-0.2, 0) is 14.4 Å². The predicted octanol–water partition coefficient (Wildman–Crippen LogP) is -5.16. The van der Waals surface area contributed by atoms with Crippen molar-refractivity contribution in [3.63, 3.8) is 0 Å². The Labute approximate surface area is 159 Å². The van der Waals surface area contributed by atoms with Crippen molar-refractivity contribution in [2.45, 2.75) is 44.6 Å². The van der Waals surface area contributed by atoms with Gasteiger partial charge in [-0.2, -0.15) is 0 Å². The number of aliphatic carboxylic acids is 2. The Morgan fingerprint density at radius 3 is 2.05 bits per heavy atom. The van der Waals surface area contributed by atoms with Crippen molar-refractivity contribution in [1.29, 1.82) is 0 Å². The van der Waals surface area contributed by atoms with Gasteiger partial charge in [0.15, 0.2) is 0 Å². The Bertz CT molecular complexity index is 328. The maximum atomic E-state index is 11.7. The minimum absolute atomic E-state index is 0. The van der Waals surface area contributed by atoms with Crippen LogP contribution in [0.1, 0.15) is 41.4 Å². The molecule has 0 aliphatic heterocycles. The summed E-state index contributed by atoms with van der Waals surface area (Å²) in [6.07, 6.45) is 3.95. The largest absolute Gasteiger partial charge is 1.00 e. The molecule has 1 saturated carbocycles. The second kappa shape index (κ2) is 11.1. The van der Waals surface area contributed by atoms with E-state index < -0.39 is 24.4 Å². The smallest absolute Gasteiger partial charge is 1.00 e. The molecular weight excluding hydrogens is 272 g/mol. The third-order valence-electron chi connectivity index (χ3n) is 2.97. The number of carbonyl (C=O) groups is 3. The first kappa shape index (κ1) is 21.7. The summed E-state index contributed by atoms with van der Waals surface area (Å²) in [6, 6.07) is -1.33. The number of carboxylic acids is 2. The molecule has 0 bridgehead atoms. The van der Waals surface area contributed by atoms with Crippen molar-refractivity contribution in [2.24, 2.45) is 5.92 Å². The van der Waals surface area contributed by atoms with E-state index in [9.17, 15) is 14.4 Å². The van der Waals surface area contributed by atoms with Crippen LogP contribution in [0, 0.1) is 5.92 Å². The molecule has 0 aromatic carbocycles. The van der Waals surface area contributed by atoms with Crippen molar-refractivity contribution in [3.05, 3.63) is 0 Å². The number of hydrogen-bond acceptors (Lipinski definition) is 3. The summed E-state index contributed by atoms with van der Waals surface area (Å²) >= 11 is 0. The van der Waals surface area contributed by atoms with E-state index in [1.165, 1.54) is 0 Å². The Kier molecular flexibility index (Phi) is 12.7. The molecule has 1 aliphatic rings. The summed E-state index contributed by atoms with van der Waals surface area (Å²) in [5.74, 6) is -3.05. The number of hydrogen-bond donors (Lipinski definition) is 3. The first-order chi connectivity index (χ1) is 8.00. The molecule has 1 atom stereocenters. The molecule has 1 amide bonds. The van der Waals surface area contributed by atoms with E-state index in [4.69, 9.17) is 10.2 Å². The zero-order valence-electron chi connectivity index (χ0n) is 13.5. The van der Waals surface area contributed by atoms with Crippen LogP contribution in [0.25, 0.3) is 0 Å². The Morgan fingerprint density at radius 2 is 1.63 bits per heavy atom. The van der Waals surface area contributed by atoms with Gasteiger partial charge in [0, 0.05) is 5.92 Å². The van der Waals surface area contributed by atoms with Crippen molar-refractivity contribution in [3.8, 4) is 0 Å². The van der Waals surface area contributed by atoms with Gasteiger partial charge in [-0.1, -0.05) is 19.3 Å². The molecule has 1 fully saturated rings. The molecule has 0 radical (unpaired) electrons. The molecule has 0 spiro atoms. The summed E-state index contributed by atoms with van der Waals surface area (Å²) < 4.78 is 0. The molecule has 0 saturated heterocycles. The molecule has 3 N–H and O–H groups in total. The number of carbonyl (C=O) groups excluding carboxylic acids is 1. The molecular formula is C11H19NNa2O5. The molecule has 0 aromatic heterocycles. The molecule has 1 aliphatic carbocycles. The second-order valence-electron chi connectivity index (χ2n) is 4.33.